The molecule has 1 unspecified atom stereocenters. The van der Waals surface area contributed by atoms with Crippen molar-refractivity contribution in [3.8, 4) is 0 Å². The summed E-state index contributed by atoms with van der Waals surface area (Å²) in [5.41, 5.74) is 1.19. The third kappa shape index (κ3) is 3.20. The zero-order valence-corrected chi connectivity index (χ0v) is 9.20. The molecule has 1 saturated heterocycles. The van der Waals surface area contributed by atoms with E-state index in [0.717, 1.165) is 19.0 Å². The van der Waals surface area contributed by atoms with Gasteiger partial charge in [-0.25, -0.2) is 4.98 Å². The average molecular weight is 206 g/mol. The normalized spacial score (nSPS) is 21.3. The summed E-state index contributed by atoms with van der Waals surface area (Å²) in [6.45, 7) is 3.82. The molecule has 1 aromatic rings. The summed E-state index contributed by atoms with van der Waals surface area (Å²) in [4.78, 5) is 4.30. The fraction of sp³-hybridized carbons (Fsp3) is 0.583. The third-order valence-corrected chi connectivity index (χ3v) is 2.70. The van der Waals surface area contributed by atoms with Gasteiger partial charge < -0.3 is 10.1 Å². The van der Waals surface area contributed by atoms with Crippen molar-refractivity contribution < 1.29 is 4.74 Å². The molecule has 1 aliphatic rings. The second kappa shape index (κ2) is 5.12. The van der Waals surface area contributed by atoms with E-state index in [-0.39, 0.29) is 0 Å². The van der Waals surface area contributed by atoms with Crippen molar-refractivity contribution in [2.75, 3.05) is 18.5 Å². The van der Waals surface area contributed by atoms with Gasteiger partial charge in [0.05, 0.1) is 6.10 Å². The predicted molar refractivity (Wildman–Crippen MR) is 61.1 cm³/mol. The van der Waals surface area contributed by atoms with Crippen LogP contribution >= 0.6 is 0 Å². The molecule has 15 heavy (non-hydrogen) atoms. The Bertz CT molecular complexity index is 291. The molecule has 2 heterocycles. The molecule has 0 saturated carbocycles. The first-order valence-corrected chi connectivity index (χ1v) is 5.63. The van der Waals surface area contributed by atoms with E-state index in [1.165, 1.54) is 24.8 Å². The molecule has 3 nitrogen and oxygen atoms in total. The van der Waals surface area contributed by atoms with Crippen molar-refractivity contribution >= 4 is 5.82 Å². The van der Waals surface area contributed by atoms with E-state index in [1.807, 2.05) is 19.2 Å². The van der Waals surface area contributed by atoms with Crippen LogP contribution < -0.4 is 5.32 Å². The highest BCUT2D eigenvalue weighted by Crippen LogP contribution is 2.13. The Hall–Kier alpha value is -1.09. The number of ether oxygens (including phenoxy) is 1. The first-order valence-electron chi connectivity index (χ1n) is 5.63. The van der Waals surface area contributed by atoms with Crippen LogP contribution in [0.25, 0.3) is 0 Å². The van der Waals surface area contributed by atoms with Crippen LogP contribution in [0.2, 0.25) is 0 Å². The molecular formula is C12H18N2O. The van der Waals surface area contributed by atoms with E-state index < -0.39 is 0 Å². The van der Waals surface area contributed by atoms with Gasteiger partial charge in [0, 0.05) is 19.3 Å². The summed E-state index contributed by atoms with van der Waals surface area (Å²) in [6, 6.07) is 4.08. The molecule has 82 valence electrons. The van der Waals surface area contributed by atoms with Crippen molar-refractivity contribution in [3.63, 3.8) is 0 Å². The summed E-state index contributed by atoms with van der Waals surface area (Å²) >= 11 is 0. The quantitative estimate of drug-likeness (QED) is 0.824. The maximum atomic E-state index is 5.63. The minimum atomic E-state index is 0.363. The van der Waals surface area contributed by atoms with Crippen LogP contribution in [0.15, 0.2) is 18.3 Å². The van der Waals surface area contributed by atoms with Crippen LogP contribution in [0.4, 0.5) is 5.82 Å². The molecule has 0 aliphatic carbocycles. The molecule has 0 spiro atoms. The van der Waals surface area contributed by atoms with Crippen molar-refractivity contribution in [1.82, 2.24) is 4.98 Å². The number of rotatable bonds is 3. The Balaban J connectivity index is 1.79. The monoisotopic (exact) mass is 206 g/mol. The van der Waals surface area contributed by atoms with E-state index in [4.69, 9.17) is 4.74 Å². The average Bonchev–Trinajstić information content (AvgIpc) is 2.30. The summed E-state index contributed by atoms with van der Waals surface area (Å²) in [7, 11) is 0. The second-order valence-corrected chi connectivity index (χ2v) is 4.09. The van der Waals surface area contributed by atoms with Gasteiger partial charge in [0.1, 0.15) is 5.82 Å². The topological polar surface area (TPSA) is 34.1 Å². The molecule has 2 rings (SSSR count). The lowest BCUT2D eigenvalue weighted by molar-refractivity contribution is 0.0247. The standard InChI is InChI=1S/C12H18N2O/c1-10-5-6-12(13-8-10)14-9-11-4-2-3-7-15-11/h5-6,8,11H,2-4,7,9H2,1H3,(H,13,14). The van der Waals surface area contributed by atoms with Gasteiger partial charge >= 0.3 is 0 Å². The lowest BCUT2D eigenvalue weighted by Crippen LogP contribution is -2.27. The number of aromatic nitrogens is 1. The molecule has 3 heteroatoms. The molecule has 0 aromatic carbocycles. The minimum absolute atomic E-state index is 0.363. The second-order valence-electron chi connectivity index (χ2n) is 4.09. The Labute approximate surface area is 90.9 Å². The van der Waals surface area contributed by atoms with Crippen molar-refractivity contribution in [1.29, 1.82) is 0 Å². The largest absolute Gasteiger partial charge is 0.376 e. The summed E-state index contributed by atoms with van der Waals surface area (Å²) in [5, 5.41) is 3.31. The van der Waals surface area contributed by atoms with Gasteiger partial charge in [0.25, 0.3) is 0 Å². The third-order valence-electron chi connectivity index (χ3n) is 2.70. The van der Waals surface area contributed by atoms with Crippen LogP contribution in [0.5, 0.6) is 0 Å². The molecule has 0 radical (unpaired) electrons. The summed E-state index contributed by atoms with van der Waals surface area (Å²) in [6.07, 6.45) is 5.90. The lowest BCUT2D eigenvalue weighted by atomic mass is 10.1. The maximum Gasteiger partial charge on any atom is 0.125 e. The first-order chi connectivity index (χ1) is 7.34. The SMILES string of the molecule is Cc1ccc(NCC2CCCCO2)nc1. The number of anilines is 1. The molecular weight excluding hydrogens is 188 g/mol. The number of nitrogens with one attached hydrogen (secondary N) is 1. The highest BCUT2D eigenvalue weighted by molar-refractivity contribution is 5.35. The molecule has 0 amide bonds. The van der Waals surface area contributed by atoms with Crippen LogP contribution in [0, 0.1) is 6.92 Å². The fourth-order valence-corrected chi connectivity index (χ4v) is 1.76. The molecule has 1 aromatic heterocycles. The number of nitrogens with zero attached hydrogens (tertiary/aromatic N) is 1. The van der Waals surface area contributed by atoms with E-state index in [2.05, 4.69) is 16.4 Å². The van der Waals surface area contributed by atoms with Gasteiger partial charge in [-0.1, -0.05) is 6.07 Å². The molecule has 0 bridgehead atoms. The summed E-state index contributed by atoms with van der Waals surface area (Å²) < 4.78 is 5.63. The summed E-state index contributed by atoms with van der Waals surface area (Å²) in [5.74, 6) is 0.940. The van der Waals surface area contributed by atoms with Gasteiger partial charge in [-0.3, -0.25) is 0 Å². The van der Waals surface area contributed by atoms with E-state index >= 15 is 0 Å². The van der Waals surface area contributed by atoms with Crippen molar-refractivity contribution in [2.45, 2.75) is 32.3 Å². The zero-order valence-electron chi connectivity index (χ0n) is 9.20. The predicted octanol–water partition coefficient (Wildman–Crippen LogP) is 2.37. The molecule has 1 atom stereocenters. The van der Waals surface area contributed by atoms with Gasteiger partial charge in [-0.15, -0.1) is 0 Å². The Kier molecular flexibility index (Phi) is 3.56. The van der Waals surface area contributed by atoms with Crippen molar-refractivity contribution in [3.05, 3.63) is 23.9 Å². The van der Waals surface area contributed by atoms with E-state index in [9.17, 15) is 0 Å². The smallest absolute Gasteiger partial charge is 0.125 e. The van der Waals surface area contributed by atoms with Gasteiger partial charge in [0.15, 0.2) is 0 Å². The minimum Gasteiger partial charge on any atom is -0.376 e. The van der Waals surface area contributed by atoms with Crippen molar-refractivity contribution in [2.24, 2.45) is 0 Å². The van der Waals surface area contributed by atoms with Crippen LogP contribution in [0.3, 0.4) is 0 Å². The van der Waals surface area contributed by atoms with Crippen LogP contribution in [-0.4, -0.2) is 24.2 Å². The Morgan fingerprint density at radius 3 is 3.07 bits per heavy atom. The zero-order chi connectivity index (χ0) is 10.5. The van der Waals surface area contributed by atoms with Gasteiger partial charge in [-0.2, -0.15) is 0 Å². The van der Waals surface area contributed by atoms with Gasteiger partial charge in [-0.05, 0) is 37.8 Å². The lowest BCUT2D eigenvalue weighted by Gasteiger charge is -2.22. The fourth-order valence-electron chi connectivity index (χ4n) is 1.76. The maximum absolute atomic E-state index is 5.63. The molecule has 1 fully saturated rings. The number of pyridine rings is 1. The molecule has 1 aliphatic heterocycles. The van der Waals surface area contributed by atoms with E-state index in [0.29, 0.717) is 6.10 Å². The number of hydrogen-bond acceptors (Lipinski definition) is 3. The number of hydrogen-bond donors (Lipinski definition) is 1. The molecule has 1 N–H and O–H groups in total. The Morgan fingerprint density at radius 1 is 1.47 bits per heavy atom. The van der Waals surface area contributed by atoms with Gasteiger partial charge in [0.2, 0.25) is 0 Å². The van der Waals surface area contributed by atoms with E-state index in [1.54, 1.807) is 0 Å². The van der Waals surface area contributed by atoms with Crippen LogP contribution in [0.1, 0.15) is 24.8 Å². The highest BCUT2D eigenvalue weighted by Gasteiger charge is 2.13. The van der Waals surface area contributed by atoms with Crippen LogP contribution in [-0.2, 0) is 4.74 Å². The highest BCUT2D eigenvalue weighted by atomic mass is 16.5. The first kappa shape index (κ1) is 10.4. The Morgan fingerprint density at radius 2 is 2.40 bits per heavy atom. The number of aryl methyl sites for hydroxylation is 1.